The summed E-state index contributed by atoms with van der Waals surface area (Å²) in [4.78, 5) is 4.47. The van der Waals surface area contributed by atoms with E-state index in [0.29, 0.717) is 12.2 Å². The first-order valence-corrected chi connectivity index (χ1v) is 9.25. The molecule has 0 saturated carbocycles. The minimum absolute atomic E-state index is 0.247. The van der Waals surface area contributed by atoms with Crippen LogP contribution in [0.25, 0.3) is 0 Å². The second kappa shape index (κ2) is 11.1. The highest BCUT2D eigenvalue weighted by molar-refractivity contribution is 6.05. The molecule has 0 radical (unpaired) electrons. The van der Waals surface area contributed by atoms with Gasteiger partial charge >= 0.3 is 0 Å². The summed E-state index contributed by atoms with van der Waals surface area (Å²) in [6, 6.07) is 0. The van der Waals surface area contributed by atoms with Crippen LogP contribution in [0.2, 0.25) is 0 Å². The number of nitrogens with zero attached hydrogens (tertiary/aromatic N) is 2. The van der Waals surface area contributed by atoms with Crippen LogP contribution in [-0.4, -0.2) is 50.5 Å². The van der Waals surface area contributed by atoms with Gasteiger partial charge in [-0.25, -0.2) is 0 Å². The Bertz CT molecular complexity index is 470. The fourth-order valence-corrected chi connectivity index (χ4v) is 2.44. The maximum absolute atomic E-state index is 12.1. The van der Waals surface area contributed by atoms with Gasteiger partial charge in [0.05, 0.1) is 38.8 Å². The first-order chi connectivity index (χ1) is 11.5. The van der Waals surface area contributed by atoms with E-state index >= 15 is 0 Å². The molecular weight excluding hydrogens is 300 g/mol. The van der Waals surface area contributed by atoms with E-state index < -0.39 is 0 Å². The number of ether oxygens (including phenoxy) is 1. The molecule has 0 heterocycles. The lowest BCUT2D eigenvalue weighted by Crippen LogP contribution is -2.43. The van der Waals surface area contributed by atoms with Crippen LogP contribution in [0.15, 0.2) is 40.8 Å². The number of hydrogen-bond donors (Lipinski definition) is 0. The molecule has 4 nitrogen and oxygen atoms in total. The van der Waals surface area contributed by atoms with E-state index in [1.54, 1.807) is 12.2 Å². The van der Waals surface area contributed by atoms with Crippen LogP contribution in [-0.2, 0) is 4.74 Å². The number of likely N-dealkylation sites (N-methyl/N-ethyl adjacent to an activating group) is 1. The molecule has 0 atom stereocenters. The predicted octanol–water partition coefficient (Wildman–Crippen LogP) is 3.21. The van der Waals surface area contributed by atoms with Gasteiger partial charge in [0, 0.05) is 13.2 Å². The largest absolute Gasteiger partial charge is 0.607 e. The Balaban J connectivity index is 2.41. The van der Waals surface area contributed by atoms with Gasteiger partial charge in [0.15, 0.2) is 0 Å². The summed E-state index contributed by atoms with van der Waals surface area (Å²) >= 11 is 0. The smallest absolute Gasteiger partial charge is 0.0877 e. The van der Waals surface area contributed by atoms with Crippen molar-refractivity contribution in [1.29, 1.82) is 0 Å². The summed E-state index contributed by atoms with van der Waals surface area (Å²) in [6.45, 7) is 7.63. The van der Waals surface area contributed by atoms with Crippen LogP contribution < -0.4 is 5.11 Å². The van der Waals surface area contributed by atoms with Crippen LogP contribution in [0.3, 0.4) is 0 Å². The number of rotatable bonds is 11. The van der Waals surface area contributed by atoms with Crippen molar-refractivity contribution in [3.05, 3.63) is 35.8 Å². The molecule has 0 amide bonds. The highest BCUT2D eigenvalue weighted by Gasteiger charge is 2.12. The molecule has 4 heteroatoms. The first-order valence-electron chi connectivity index (χ1n) is 9.25. The summed E-state index contributed by atoms with van der Waals surface area (Å²) < 4.78 is 6.31. The zero-order valence-corrected chi connectivity index (χ0v) is 15.9. The van der Waals surface area contributed by atoms with Gasteiger partial charge in [0.1, 0.15) is 0 Å². The molecule has 1 aliphatic carbocycles. The second-order valence-electron chi connectivity index (χ2n) is 7.01. The number of aliphatic imine (C=N–C) groups is 1. The lowest BCUT2D eigenvalue weighted by Gasteiger charge is -2.31. The minimum atomic E-state index is -0.247. The lowest BCUT2D eigenvalue weighted by atomic mass is 10.1. The molecular formula is C20H34N2O2. The van der Waals surface area contributed by atoms with Crippen LogP contribution in [0.4, 0.5) is 0 Å². The molecule has 24 heavy (non-hydrogen) atoms. The van der Waals surface area contributed by atoms with Crippen molar-refractivity contribution in [3.63, 3.8) is 0 Å². The van der Waals surface area contributed by atoms with E-state index in [9.17, 15) is 5.11 Å². The molecule has 0 spiro atoms. The summed E-state index contributed by atoms with van der Waals surface area (Å²) in [6.07, 6.45) is 13.3. The van der Waals surface area contributed by atoms with Crippen molar-refractivity contribution < 1.29 is 14.3 Å². The van der Waals surface area contributed by atoms with Gasteiger partial charge in [0.25, 0.3) is 0 Å². The standard InChI is InChI=1S/C20H34N2O2/c1-5-7-9-15-22(3,4)16-17-24-20(23)18-10-12-19(13-11-18)21-14-8-6-2/h10-13H,5-9,14-17H2,1-4H3. The van der Waals surface area contributed by atoms with Gasteiger partial charge < -0.3 is 14.3 Å². The highest BCUT2D eigenvalue weighted by atomic mass is 16.6. The van der Waals surface area contributed by atoms with E-state index in [2.05, 4.69) is 32.9 Å². The van der Waals surface area contributed by atoms with Crippen molar-refractivity contribution in [2.24, 2.45) is 4.99 Å². The maximum Gasteiger partial charge on any atom is 0.0877 e. The molecule has 0 aliphatic heterocycles. The fourth-order valence-electron chi connectivity index (χ4n) is 2.44. The van der Waals surface area contributed by atoms with Gasteiger partial charge in [-0.3, -0.25) is 4.99 Å². The Morgan fingerprint density at radius 3 is 2.29 bits per heavy atom. The van der Waals surface area contributed by atoms with Crippen molar-refractivity contribution in [2.45, 2.75) is 46.0 Å². The summed E-state index contributed by atoms with van der Waals surface area (Å²) in [5.74, 6) is -0.247. The monoisotopic (exact) mass is 334 g/mol. The summed E-state index contributed by atoms with van der Waals surface area (Å²) in [7, 11) is 4.38. The van der Waals surface area contributed by atoms with Gasteiger partial charge in [0.2, 0.25) is 0 Å². The molecule has 1 rings (SSSR count). The van der Waals surface area contributed by atoms with E-state index in [-0.39, 0.29) is 5.95 Å². The lowest BCUT2D eigenvalue weighted by molar-refractivity contribution is -0.891. The fraction of sp³-hybridized carbons (Fsp3) is 0.650. The third-order valence-electron chi connectivity index (χ3n) is 4.21. The highest BCUT2D eigenvalue weighted by Crippen LogP contribution is 2.11. The Hall–Kier alpha value is -1.55. The Morgan fingerprint density at radius 1 is 1.00 bits per heavy atom. The normalized spacial score (nSPS) is 14.2. The number of allylic oxidation sites excluding steroid dienone is 5. The van der Waals surface area contributed by atoms with Crippen LogP contribution >= 0.6 is 0 Å². The Labute approximate surface area is 147 Å². The molecule has 0 bridgehead atoms. The van der Waals surface area contributed by atoms with Crippen LogP contribution in [0.5, 0.6) is 0 Å². The average Bonchev–Trinajstić information content (AvgIpc) is 2.55. The molecule has 0 aromatic carbocycles. The topological polar surface area (TPSA) is 44.6 Å². The molecule has 136 valence electrons. The van der Waals surface area contributed by atoms with E-state index in [0.717, 1.165) is 42.7 Å². The van der Waals surface area contributed by atoms with Gasteiger partial charge in [-0.15, -0.1) is 0 Å². The zero-order chi connectivity index (χ0) is 17.8. The molecule has 0 aromatic rings. The summed E-state index contributed by atoms with van der Waals surface area (Å²) in [5.41, 5.74) is 1.52. The van der Waals surface area contributed by atoms with Crippen molar-refractivity contribution in [3.8, 4) is 0 Å². The van der Waals surface area contributed by atoms with Crippen LogP contribution in [0, 0.1) is 0 Å². The molecule has 0 saturated heterocycles. The van der Waals surface area contributed by atoms with Crippen molar-refractivity contribution in [1.82, 2.24) is 0 Å². The minimum Gasteiger partial charge on any atom is -0.607 e. The quantitative estimate of drug-likeness (QED) is 0.331. The Kier molecular flexibility index (Phi) is 9.46. The maximum atomic E-state index is 12.1. The second-order valence-corrected chi connectivity index (χ2v) is 7.01. The van der Waals surface area contributed by atoms with E-state index in [4.69, 9.17) is 4.74 Å². The van der Waals surface area contributed by atoms with Gasteiger partial charge in [-0.2, -0.15) is 0 Å². The van der Waals surface area contributed by atoms with Crippen LogP contribution in [0.1, 0.15) is 46.0 Å². The number of quaternary nitrogens is 1. The van der Waals surface area contributed by atoms with Gasteiger partial charge in [-0.1, -0.05) is 38.8 Å². The van der Waals surface area contributed by atoms with Crippen molar-refractivity contribution in [2.75, 3.05) is 40.3 Å². The molecule has 0 aromatic heterocycles. The summed E-state index contributed by atoms with van der Waals surface area (Å²) in [5, 5.41) is 12.1. The number of hydrogen-bond acceptors (Lipinski definition) is 3. The third-order valence-corrected chi connectivity index (χ3v) is 4.21. The Morgan fingerprint density at radius 2 is 1.67 bits per heavy atom. The zero-order valence-electron chi connectivity index (χ0n) is 15.9. The first kappa shape index (κ1) is 20.5. The van der Waals surface area contributed by atoms with Crippen molar-refractivity contribution >= 4 is 5.71 Å². The average molecular weight is 335 g/mol. The van der Waals surface area contributed by atoms with Gasteiger partial charge in [-0.05, 0) is 37.0 Å². The molecule has 1 aliphatic rings. The molecule has 0 fully saturated rings. The third kappa shape index (κ3) is 8.34. The number of unbranched alkanes of at least 4 members (excludes halogenated alkanes) is 3. The molecule has 0 unspecified atom stereocenters. The van der Waals surface area contributed by atoms with E-state index in [1.807, 2.05) is 12.2 Å². The molecule has 0 N–H and O–H groups in total. The SMILES string of the molecule is CCCCC[N+](C)(C)CCOC([O-])=C1C=CC(=NCCCC)C=C1. The van der Waals surface area contributed by atoms with E-state index in [1.165, 1.54) is 19.3 Å². The predicted molar refractivity (Wildman–Crippen MR) is 99.8 cm³/mol.